The van der Waals surface area contributed by atoms with Crippen molar-refractivity contribution in [3.05, 3.63) is 64.7 Å². The van der Waals surface area contributed by atoms with Crippen LogP contribution in [0.1, 0.15) is 104 Å². The van der Waals surface area contributed by atoms with Crippen LogP contribution in [-0.4, -0.2) is 5.11 Å². The van der Waals surface area contributed by atoms with Crippen molar-refractivity contribution in [2.45, 2.75) is 99.3 Å². The second kappa shape index (κ2) is 8.40. The summed E-state index contributed by atoms with van der Waals surface area (Å²) in [5.41, 5.74) is 4.92. The van der Waals surface area contributed by atoms with Crippen LogP contribution in [-0.2, 0) is 17.3 Å². The summed E-state index contributed by atoms with van der Waals surface area (Å²) in [6.45, 7) is 22.8. The molecule has 1 N–H and O–H groups in total. The molecule has 0 unspecified atom stereocenters. The SMILES string of the molecule is CC(C)(C)CC(C)(C)c1cc(Cc2ccccc2)cc(C(C)(C)CC(C)(C)C)c1O. The normalized spacial score (nSPS) is 13.5. The lowest BCUT2D eigenvalue weighted by Crippen LogP contribution is -2.28. The van der Waals surface area contributed by atoms with Crippen molar-refractivity contribution in [1.82, 2.24) is 0 Å². The number of phenols is 1. The molecule has 0 aliphatic heterocycles. The largest absolute Gasteiger partial charge is 0.507 e. The molecule has 2 aromatic rings. The minimum atomic E-state index is -0.110. The van der Waals surface area contributed by atoms with E-state index in [1.807, 2.05) is 0 Å². The molecule has 0 aliphatic rings. The van der Waals surface area contributed by atoms with Crippen LogP contribution in [0.15, 0.2) is 42.5 Å². The lowest BCUT2D eigenvalue weighted by molar-refractivity contribution is 0.268. The fraction of sp³-hybridized carbons (Fsp3) is 0.586. The van der Waals surface area contributed by atoms with Crippen LogP contribution in [0.4, 0.5) is 0 Å². The van der Waals surface area contributed by atoms with Crippen LogP contribution in [0.5, 0.6) is 5.75 Å². The van der Waals surface area contributed by atoms with Crippen LogP contribution in [0.3, 0.4) is 0 Å². The molecular weight excluding hydrogens is 364 g/mol. The van der Waals surface area contributed by atoms with Gasteiger partial charge in [-0.1, -0.05) is 112 Å². The van der Waals surface area contributed by atoms with E-state index < -0.39 is 0 Å². The first-order valence-electron chi connectivity index (χ1n) is 11.4. The van der Waals surface area contributed by atoms with Gasteiger partial charge in [0.15, 0.2) is 0 Å². The Morgan fingerprint density at radius 1 is 0.600 bits per heavy atom. The summed E-state index contributed by atoms with van der Waals surface area (Å²) in [7, 11) is 0. The molecule has 0 saturated heterocycles. The molecule has 0 aromatic heterocycles. The van der Waals surface area contributed by atoms with Crippen molar-refractivity contribution in [3.63, 3.8) is 0 Å². The monoisotopic (exact) mass is 408 g/mol. The van der Waals surface area contributed by atoms with E-state index in [0.29, 0.717) is 5.75 Å². The van der Waals surface area contributed by atoms with Gasteiger partial charge < -0.3 is 5.11 Å². The Morgan fingerprint density at radius 3 is 1.37 bits per heavy atom. The topological polar surface area (TPSA) is 20.2 Å². The molecule has 0 aliphatic carbocycles. The maximum Gasteiger partial charge on any atom is 0.123 e. The molecule has 30 heavy (non-hydrogen) atoms. The number of aromatic hydroxyl groups is 1. The van der Waals surface area contributed by atoms with E-state index in [1.54, 1.807) is 0 Å². The fourth-order valence-electron chi connectivity index (χ4n) is 5.50. The lowest BCUT2D eigenvalue weighted by Gasteiger charge is -2.37. The van der Waals surface area contributed by atoms with Crippen molar-refractivity contribution in [2.24, 2.45) is 10.8 Å². The van der Waals surface area contributed by atoms with Gasteiger partial charge in [-0.25, -0.2) is 0 Å². The molecule has 0 atom stereocenters. The van der Waals surface area contributed by atoms with Crippen molar-refractivity contribution in [3.8, 4) is 5.75 Å². The maximum atomic E-state index is 11.5. The third-order valence-corrected chi connectivity index (χ3v) is 5.82. The van der Waals surface area contributed by atoms with Gasteiger partial charge in [-0.05, 0) is 52.0 Å². The molecule has 0 saturated carbocycles. The van der Waals surface area contributed by atoms with Crippen LogP contribution in [0.2, 0.25) is 0 Å². The highest BCUT2D eigenvalue weighted by Crippen LogP contribution is 2.47. The Morgan fingerprint density at radius 2 is 1.00 bits per heavy atom. The summed E-state index contributed by atoms with van der Waals surface area (Å²) in [4.78, 5) is 0. The summed E-state index contributed by atoms with van der Waals surface area (Å²) in [6, 6.07) is 15.2. The van der Waals surface area contributed by atoms with Gasteiger partial charge in [0.25, 0.3) is 0 Å². The van der Waals surface area contributed by atoms with E-state index in [4.69, 9.17) is 0 Å². The Bertz CT molecular complexity index is 793. The van der Waals surface area contributed by atoms with Gasteiger partial charge >= 0.3 is 0 Å². The number of rotatable bonds is 6. The standard InChI is InChI=1S/C29H44O/c1-26(2,3)19-28(7,8)23-17-22(16-21-14-12-11-13-15-21)18-24(25(23)30)29(9,10)20-27(4,5)6/h11-15,17-18,30H,16,19-20H2,1-10H3. The third-order valence-electron chi connectivity index (χ3n) is 5.82. The predicted octanol–water partition coefficient (Wildman–Crippen LogP) is 8.41. The lowest BCUT2D eigenvalue weighted by atomic mass is 9.67. The third kappa shape index (κ3) is 6.62. The van der Waals surface area contributed by atoms with Gasteiger partial charge in [-0.2, -0.15) is 0 Å². The molecule has 2 rings (SSSR count). The highest BCUT2D eigenvalue weighted by atomic mass is 16.3. The van der Waals surface area contributed by atoms with Crippen molar-refractivity contribution in [2.75, 3.05) is 0 Å². The summed E-state index contributed by atoms with van der Waals surface area (Å²) in [5, 5.41) is 11.5. The average molecular weight is 409 g/mol. The second-order valence-corrected chi connectivity index (χ2v) is 12.9. The molecule has 166 valence electrons. The maximum absolute atomic E-state index is 11.5. The number of hydrogen-bond acceptors (Lipinski definition) is 1. The molecule has 0 radical (unpaired) electrons. The van der Waals surface area contributed by atoms with E-state index in [1.165, 1.54) is 11.1 Å². The predicted molar refractivity (Wildman–Crippen MR) is 132 cm³/mol. The second-order valence-electron chi connectivity index (χ2n) is 12.9. The first kappa shape index (κ1) is 24.5. The quantitative estimate of drug-likeness (QED) is 0.508. The molecule has 0 bridgehead atoms. The number of phenolic OH excluding ortho intramolecular Hbond substituents is 1. The number of benzene rings is 2. The minimum absolute atomic E-state index is 0.110. The molecular formula is C29H44O. The minimum Gasteiger partial charge on any atom is -0.507 e. The summed E-state index contributed by atoms with van der Waals surface area (Å²) < 4.78 is 0. The molecule has 0 spiro atoms. The molecule has 1 heteroatoms. The van der Waals surface area contributed by atoms with E-state index >= 15 is 0 Å². The molecule has 1 nitrogen and oxygen atoms in total. The Balaban J connectivity index is 2.64. The van der Waals surface area contributed by atoms with Crippen LogP contribution < -0.4 is 0 Å². The molecule has 0 amide bonds. The summed E-state index contributed by atoms with van der Waals surface area (Å²) >= 11 is 0. The molecule has 0 heterocycles. The van der Waals surface area contributed by atoms with Crippen LogP contribution in [0.25, 0.3) is 0 Å². The van der Waals surface area contributed by atoms with Gasteiger partial charge in [0.1, 0.15) is 5.75 Å². The van der Waals surface area contributed by atoms with Gasteiger partial charge in [0.2, 0.25) is 0 Å². The highest BCUT2D eigenvalue weighted by molar-refractivity contribution is 5.51. The van der Waals surface area contributed by atoms with E-state index in [0.717, 1.165) is 30.4 Å². The zero-order chi connectivity index (χ0) is 23.0. The summed E-state index contributed by atoms with van der Waals surface area (Å²) in [6.07, 6.45) is 2.92. The molecule has 0 fully saturated rings. The van der Waals surface area contributed by atoms with Gasteiger partial charge in [0.05, 0.1) is 0 Å². The van der Waals surface area contributed by atoms with Gasteiger partial charge in [0, 0.05) is 11.1 Å². The number of hydrogen-bond donors (Lipinski definition) is 1. The highest BCUT2D eigenvalue weighted by Gasteiger charge is 2.35. The zero-order valence-electron chi connectivity index (χ0n) is 21.1. The van der Waals surface area contributed by atoms with Crippen molar-refractivity contribution in [1.29, 1.82) is 0 Å². The van der Waals surface area contributed by atoms with E-state index in [-0.39, 0.29) is 21.7 Å². The van der Waals surface area contributed by atoms with Gasteiger partial charge in [-0.3, -0.25) is 0 Å². The van der Waals surface area contributed by atoms with Crippen molar-refractivity contribution >= 4 is 0 Å². The zero-order valence-corrected chi connectivity index (χ0v) is 21.1. The fourth-order valence-corrected chi connectivity index (χ4v) is 5.50. The summed E-state index contributed by atoms with van der Waals surface area (Å²) in [5.74, 6) is 0.496. The van der Waals surface area contributed by atoms with Gasteiger partial charge in [-0.15, -0.1) is 0 Å². The first-order valence-corrected chi connectivity index (χ1v) is 11.4. The Kier molecular flexibility index (Phi) is 6.87. The van der Waals surface area contributed by atoms with Crippen LogP contribution >= 0.6 is 0 Å². The van der Waals surface area contributed by atoms with E-state index in [2.05, 4.69) is 112 Å². The molecule has 2 aromatic carbocycles. The average Bonchev–Trinajstić information content (AvgIpc) is 2.52. The van der Waals surface area contributed by atoms with Crippen molar-refractivity contribution < 1.29 is 5.11 Å². The first-order chi connectivity index (χ1) is 13.5. The van der Waals surface area contributed by atoms with Crippen LogP contribution in [0, 0.1) is 10.8 Å². The smallest absolute Gasteiger partial charge is 0.123 e. The Labute approximate surface area is 185 Å². The van der Waals surface area contributed by atoms with E-state index in [9.17, 15) is 5.11 Å². The Hall–Kier alpha value is -1.76.